The number of hydrogen-bond acceptors (Lipinski definition) is 6. The summed E-state index contributed by atoms with van der Waals surface area (Å²) in [6.07, 6.45) is 2.18. The molecule has 22 heavy (non-hydrogen) atoms. The van der Waals surface area contributed by atoms with Crippen LogP contribution in [0.5, 0.6) is 0 Å². The molecule has 0 saturated heterocycles. The average molecular weight is 331 g/mol. The van der Waals surface area contributed by atoms with Crippen LogP contribution in [0.1, 0.15) is 29.6 Å². The number of thioether (sulfide) groups is 1. The lowest BCUT2D eigenvalue weighted by Gasteiger charge is -2.03. The molecule has 1 aromatic carbocycles. The second kappa shape index (κ2) is 7.02. The van der Waals surface area contributed by atoms with Gasteiger partial charge in [-0.05, 0) is 42.3 Å². The van der Waals surface area contributed by atoms with Crippen LogP contribution >= 0.6 is 23.1 Å². The molecule has 0 saturated carbocycles. The Balaban J connectivity index is 1.70. The van der Waals surface area contributed by atoms with Gasteiger partial charge in [-0.15, -0.1) is 16.4 Å². The smallest absolute Gasteiger partial charge is 0.214 e. The fraction of sp³-hybridized carbons (Fsp3) is 0.333. The Morgan fingerprint density at radius 1 is 1.23 bits per heavy atom. The van der Waals surface area contributed by atoms with Crippen LogP contribution in [0.2, 0.25) is 0 Å². The molecule has 0 unspecified atom stereocenters. The number of rotatable bonds is 6. The van der Waals surface area contributed by atoms with Gasteiger partial charge in [0.05, 0.1) is 16.4 Å². The number of aryl methyl sites for hydroxylation is 2. The van der Waals surface area contributed by atoms with E-state index in [0.29, 0.717) is 0 Å². The maximum atomic E-state index is 4.63. The van der Waals surface area contributed by atoms with E-state index in [-0.39, 0.29) is 0 Å². The van der Waals surface area contributed by atoms with Crippen molar-refractivity contribution < 1.29 is 0 Å². The average Bonchev–Trinajstić information content (AvgIpc) is 3.15. The molecule has 0 aliphatic heterocycles. The first-order valence-electron chi connectivity index (χ1n) is 7.17. The van der Waals surface area contributed by atoms with Crippen LogP contribution in [0.15, 0.2) is 34.8 Å². The van der Waals surface area contributed by atoms with Crippen molar-refractivity contribution in [2.75, 3.05) is 0 Å². The first-order chi connectivity index (χ1) is 10.8. The summed E-state index contributed by atoms with van der Waals surface area (Å²) in [6, 6.07) is 8.17. The third-order valence-corrected chi connectivity index (χ3v) is 5.04. The summed E-state index contributed by atoms with van der Waals surface area (Å²) in [5.41, 5.74) is 3.29. The van der Waals surface area contributed by atoms with Crippen LogP contribution in [0, 0.1) is 6.92 Å². The van der Waals surface area contributed by atoms with Crippen LogP contribution in [0.25, 0.3) is 5.69 Å². The summed E-state index contributed by atoms with van der Waals surface area (Å²) >= 11 is 3.34. The minimum Gasteiger partial charge on any atom is -0.245 e. The topological polar surface area (TPSA) is 56.5 Å². The van der Waals surface area contributed by atoms with E-state index < -0.39 is 0 Å². The molecule has 7 heteroatoms. The molecule has 3 aromatic rings. The molecule has 114 valence electrons. The molecular weight excluding hydrogens is 314 g/mol. The van der Waals surface area contributed by atoms with Crippen LogP contribution < -0.4 is 0 Å². The number of benzene rings is 1. The summed E-state index contributed by atoms with van der Waals surface area (Å²) < 4.78 is 1.77. The van der Waals surface area contributed by atoms with E-state index >= 15 is 0 Å². The largest absolute Gasteiger partial charge is 0.245 e. The normalized spacial score (nSPS) is 11.0. The molecule has 0 radical (unpaired) electrons. The van der Waals surface area contributed by atoms with Crippen molar-refractivity contribution in [3.63, 3.8) is 0 Å². The van der Waals surface area contributed by atoms with Gasteiger partial charge in [0.25, 0.3) is 0 Å². The number of thiazole rings is 1. The first-order valence-corrected chi connectivity index (χ1v) is 9.04. The molecule has 5 nitrogen and oxygen atoms in total. The highest BCUT2D eigenvalue weighted by Gasteiger charge is 2.10. The maximum Gasteiger partial charge on any atom is 0.214 e. The maximum absolute atomic E-state index is 4.63. The van der Waals surface area contributed by atoms with Crippen molar-refractivity contribution in [2.45, 2.75) is 37.6 Å². The van der Waals surface area contributed by atoms with Crippen LogP contribution in [-0.2, 0) is 12.2 Å². The highest BCUT2D eigenvalue weighted by atomic mass is 32.2. The van der Waals surface area contributed by atoms with Gasteiger partial charge >= 0.3 is 0 Å². The second-order valence-corrected chi connectivity index (χ2v) is 6.87. The summed E-state index contributed by atoms with van der Waals surface area (Å²) in [4.78, 5) is 4.63. The number of aromatic nitrogens is 5. The Labute approximate surface area is 137 Å². The molecule has 0 atom stereocenters. The first kappa shape index (κ1) is 15.2. The number of hydrogen-bond donors (Lipinski definition) is 0. The summed E-state index contributed by atoms with van der Waals surface area (Å²) in [5, 5.41) is 16.1. The minimum atomic E-state index is 0.784. The van der Waals surface area contributed by atoms with E-state index in [1.165, 1.54) is 10.6 Å². The fourth-order valence-electron chi connectivity index (χ4n) is 2.00. The molecule has 0 aliphatic rings. The SMILES string of the molecule is CCCc1nc(CSc2nnnn2-c2ccc(C)cc2)cs1. The fourth-order valence-corrected chi connectivity index (χ4v) is 3.79. The second-order valence-electron chi connectivity index (χ2n) is 4.98. The van der Waals surface area contributed by atoms with Crippen molar-refractivity contribution in [2.24, 2.45) is 0 Å². The highest BCUT2D eigenvalue weighted by molar-refractivity contribution is 7.98. The highest BCUT2D eigenvalue weighted by Crippen LogP contribution is 2.23. The van der Waals surface area contributed by atoms with Crippen molar-refractivity contribution in [3.05, 3.63) is 45.9 Å². The number of nitrogens with zero attached hydrogens (tertiary/aromatic N) is 5. The molecule has 0 fully saturated rings. The molecule has 0 spiro atoms. The van der Waals surface area contributed by atoms with Gasteiger partial charge in [-0.2, -0.15) is 4.68 Å². The Hall–Kier alpha value is -1.73. The zero-order chi connectivity index (χ0) is 15.4. The third kappa shape index (κ3) is 3.53. The predicted octanol–water partition coefficient (Wildman–Crippen LogP) is 3.67. The van der Waals surface area contributed by atoms with Gasteiger partial charge in [-0.1, -0.05) is 36.4 Å². The monoisotopic (exact) mass is 331 g/mol. The molecule has 0 N–H and O–H groups in total. The van der Waals surface area contributed by atoms with E-state index in [0.717, 1.165) is 35.1 Å². The van der Waals surface area contributed by atoms with Crippen LogP contribution in [0.3, 0.4) is 0 Å². The lowest BCUT2D eigenvalue weighted by atomic mass is 10.2. The van der Waals surface area contributed by atoms with Crippen molar-refractivity contribution in [1.29, 1.82) is 0 Å². The van der Waals surface area contributed by atoms with Crippen LogP contribution in [-0.4, -0.2) is 25.2 Å². The summed E-state index contributed by atoms with van der Waals surface area (Å²) in [5.74, 6) is 0.784. The molecule has 0 amide bonds. The van der Waals surface area contributed by atoms with Gasteiger partial charge in [0.2, 0.25) is 5.16 Å². The van der Waals surface area contributed by atoms with Crippen molar-refractivity contribution in [1.82, 2.24) is 25.2 Å². The quantitative estimate of drug-likeness (QED) is 0.645. The van der Waals surface area contributed by atoms with Gasteiger partial charge in [0.15, 0.2) is 0 Å². The molecule has 2 aromatic heterocycles. The van der Waals surface area contributed by atoms with Gasteiger partial charge in [-0.3, -0.25) is 0 Å². The van der Waals surface area contributed by atoms with E-state index in [2.05, 4.69) is 51.9 Å². The Bertz CT molecular complexity index is 732. The summed E-state index contributed by atoms with van der Waals surface area (Å²) in [7, 11) is 0. The minimum absolute atomic E-state index is 0.784. The van der Waals surface area contributed by atoms with Gasteiger partial charge in [0.1, 0.15) is 0 Å². The zero-order valence-electron chi connectivity index (χ0n) is 12.6. The van der Waals surface area contributed by atoms with E-state index in [1.807, 2.05) is 12.1 Å². The third-order valence-electron chi connectivity index (χ3n) is 3.13. The van der Waals surface area contributed by atoms with Gasteiger partial charge < -0.3 is 0 Å². The molecule has 0 bridgehead atoms. The van der Waals surface area contributed by atoms with Gasteiger partial charge in [-0.25, -0.2) is 4.98 Å². The zero-order valence-corrected chi connectivity index (χ0v) is 14.2. The summed E-state index contributed by atoms with van der Waals surface area (Å²) in [6.45, 7) is 4.24. The molecule has 0 aliphatic carbocycles. The standard InChI is InChI=1S/C15H17N5S2/c1-3-4-14-16-12(9-21-14)10-22-15-17-18-19-20(15)13-7-5-11(2)6-8-13/h5-9H,3-4,10H2,1-2H3. The molecular formula is C15H17N5S2. The Morgan fingerprint density at radius 2 is 2.05 bits per heavy atom. The molecule has 2 heterocycles. The lowest BCUT2D eigenvalue weighted by Crippen LogP contribution is -1.99. The Morgan fingerprint density at radius 3 is 2.82 bits per heavy atom. The predicted molar refractivity (Wildman–Crippen MR) is 89.6 cm³/mol. The van der Waals surface area contributed by atoms with Crippen molar-refractivity contribution >= 4 is 23.1 Å². The number of tetrazole rings is 1. The Kier molecular flexibility index (Phi) is 4.84. The van der Waals surface area contributed by atoms with E-state index in [9.17, 15) is 0 Å². The lowest BCUT2D eigenvalue weighted by molar-refractivity contribution is 0.756. The van der Waals surface area contributed by atoms with Crippen molar-refractivity contribution in [3.8, 4) is 5.69 Å². The van der Waals surface area contributed by atoms with Crippen LogP contribution in [0.4, 0.5) is 0 Å². The van der Waals surface area contributed by atoms with E-state index in [4.69, 9.17) is 0 Å². The molecule has 3 rings (SSSR count). The van der Waals surface area contributed by atoms with Gasteiger partial charge in [0, 0.05) is 11.1 Å². The van der Waals surface area contributed by atoms with E-state index in [1.54, 1.807) is 27.8 Å².